The second-order valence-electron chi connectivity index (χ2n) is 6.36. The van der Waals surface area contributed by atoms with Crippen LogP contribution < -0.4 is 9.47 Å². The summed E-state index contributed by atoms with van der Waals surface area (Å²) in [5, 5.41) is 10.7. The number of rotatable bonds is 5. The van der Waals surface area contributed by atoms with Crippen LogP contribution in [0.5, 0.6) is 11.5 Å². The second kappa shape index (κ2) is 7.89. The summed E-state index contributed by atoms with van der Waals surface area (Å²) in [7, 11) is 0. The first-order chi connectivity index (χ1) is 14.0. The molecule has 0 radical (unpaired) electrons. The molecule has 0 N–H and O–H groups in total. The molecule has 1 aliphatic heterocycles. The maximum absolute atomic E-state index is 12.6. The first-order valence-corrected chi connectivity index (χ1v) is 9.49. The van der Waals surface area contributed by atoms with Crippen LogP contribution in [0.1, 0.15) is 21.5 Å². The minimum absolute atomic E-state index is 0.0123. The molecule has 0 aromatic heterocycles. The number of nitrogens with zero attached hydrogens (tertiary/aromatic N) is 1. The largest absolute Gasteiger partial charge is 0.489 e. The molecule has 1 aliphatic rings. The molecule has 3 aromatic rings. The van der Waals surface area contributed by atoms with Crippen molar-refractivity contribution in [2.24, 2.45) is 0 Å². The van der Waals surface area contributed by atoms with Crippen molar-refractivity contribution in [2.75, 3.05) is 0 Å². The van der Waals surface area contributed by atoms with E-state index in [-0.39, 0.29) is 17.2 Å². The monoisotopic (exact) mass is 451 g/mol. The zero-order valence-corrected chi connectivity index (χ0v) is 16.6. The van der Waals surface area contributed by atoms with Crippen molar-refractivity contribution in [1.29, 1.82) is 0 Å². The average molecular weight is 452 g/mol. The summed E-state index contributed by atoms with van der Waals surface area (Å²) in [5.41, 5.74) is 2.10. The van der Waals surface area contributed by atoms with E-state index < -0.39 is 4.92 Å². The molecule has 0 amide bonds. The van der Waals surface area contributed by atoms with Gasteiger partial charge in [0.25, 0.3) is 5.69 Å². The average Bonchev–Trinajstić information content (AvgIpc) is 3.03. The lowest BCUT2D eigenvalue weighted by Crippen LogP contribution is -1.98. The quantitative estimate of drug-likeness (QED) is 0.288. The highest BCUT2D eigenvalue weighted by atomic mass is 79.9. The standard InChI is InChI=1S/C22H14BrNO5/c23-16-5-1-15(2-6-16)13-28-18-9-10-19-20(12-18)29-21(22(19)25)11-14-3-7-17(8-4-14)24(26)27/h1-12H,13H2. The Kier molecular flexibility index (Phi) is 5.14. The van der Waals surface area contributed by atoms with E-state index >= 15 is 0 Å². The molecular formula is C22H14BrNO5. The van der Waals surface area contributed by atoms with E-state index in [9.17, 15) is 14.9 Å². The van der Waals surface area contributed by atoms with Crippen molar-refractivity contribution in [1.82, 2.24) is 0 Å². The van der Waals surface area contributed by atoms with Crippen LogP contribution in [0.3, 0.4) is 0 Å². The topological polar surface area (TPSA) is 78.7 Å². The molecule has 1 heterocycles. The van der Waals surface area contributed by atoms with Crippen molar-refractivity contribution in [3.63, 3.8) is 0 Å². The number of benzene rings is 3. The van der Waals surface area contributed by atoms with Gasteiger partial charge in [0.05, 0.1) is 10.5 Å². The number of nitro groups is 1. The molecule has 0 aliphatic carbocycles. The number of hydrogen-bond acceptors (Lipinski definition) is 5. The Bertz CT molecular complexity index is 1120. The van der Waals surface area contributed by atoms with Crippen LogP contribution in [-0.4, -0.2) is 10.7 Å². The fourth-order valence-corrected chi connectivity index (χ4v) is 3.11. The number of non-ortho nitro benzene ring substituents is 1. The third-order valence-electron chi connectivity index (χ3n) is 4.36. The van der Waals surface area contributed by atoms with Gasteiger partial charge in [0.1, 0.15) is 18.1 Å². The number of ketones is 1. The van der Waals surface area contributed by atoms with E-state index in [0.29, 0.717) is 29.2 Å². The van der Waals surface area contributed by atoms with Gasteiger partial charge in [-0.2, -0.15) is 0 Å². The highest BCUT2D eigenvalue weighted by Gasteiger charge is 2.27. The molecule has 0 fully saturated rings. The van der Waals surface area contributed by atoms with Crippen LogP contribution in [-0.2, 0) is 6.61 Å². The van der Waals surface area contributed by atoms with Gasteiger partial charge in [0.15, 0.2) is 5.76 Å². The molecule has 0 unspecified atom stereocenters. The summed E-state index contributed by atoms with van der Waals surface area (Å²) in [6.07, 6.45) is 1.56. The van der Waals surface area contributed by atoms with Crippen molar-refractivity contribution in [3.8, 4) is 11.5 Å². The Hall–Kier alpha value is -3.45. The van der Waals surface area contributed by atoms with Gasteiger partial charge in [-0.15, -0.1) is 0 Å². The molecule has 0 bridgehead atoms. The summed E-state index contributed by atoms with van der Waals surface area (Å²) >= 11 is 3.40. The van der Waals surface area contributed by atoms with Crippen molar-refractivity contribution >= 4 is 33.5 Å². The summed E-state index contributed by atoms with van der Waals surface area (Å²) in [6, 6.07) is 18.8. The van der Waals surface area contributed by atoms with Crippen LogP contribution in [0.2, 0.25) is 0 Å². The fourth-order valence-electron chi connectivity index (χ4n) is 2.85. The van der Waals surface area contributed by atoms with Gasteiger partial charge in [-0.05, 0) is 53.6 Å². The van der Waals surface area contributed by atoms with E-state index in [4.69, 9.17) is 9.47 Å². The number of ether oxygens (including phenoxy) is 2. The zero-order valence-electron chi connectivity index (χ0n) is 15.0. The number of Topliss-reactive ketones (excluding diaryl/α,β-unsaturated/α-hetero) is 1. The van der Waals surface area contributed by atoms with Crippen molar-refractivity contribution in [3.05, 3.63) is 104 Å². The second-order valence-corrected chi connectivity index (χ2v) is 7.28. The first-order valence-electron chi connectivity index (χ1n) is 8.69. The van der Waals surface area contributed by atoms with Gasteiger partial charge in [0, 0.05) is 22.7 Å². The first kappa shape index (κ1) is 18.9. The molecule has 7 heteroatoms. The Balaban J connectivity index is 1.49. The summed E-state index contributed by atoms with van der Waals surface area (Å²) < 4.78 is 12.5. The fraction of sp³-hybridized carbons (Fsp3) is 0.0455. The normalized spacial score (nSPS) is 13.8. The predicted octanol–water partition coefficient (Wildman–Crippen LogP) is 5.55. The van der Waals surface area contributed by atoms with Crippen molar-refractivity contribution < 1.29 is 19.2 Å². The lowest BCUT2D eigenvalue weighted by Gasteiger charge is -2.07. The van der Waals surface area contributed by atoms with Crippen LogP contribution in [0, 0.1) is 10.1 Å². The molecule has 0 saturated carbocycles. The molecular weight excluding hydrogens is 438 g/mol. The van der Waals surface area contributed by atoms with Crippen LogP contribution >= 0.6 is 15.9 Å². The van der Waals surface area contributed by atoms with Gasteiger partial charge >= 0.3 is 0 Å². The van der Waals surface area contributed by atoms with Crippen LogP contribution in [0.15, 0.2) is 77.0 Å². The number of hydrogen-bond donors (Lipinski definition) is 0. The molecule has 144 valence electrons. The van der Waals surface area contributed by atoms with E-state index in [1.807, 2.05) is 24.3 Å². The lowest BCUT2D eigenvalue weighted by atomic mass is 10.1. The molecule has 29 heavy (non-hydrogen) atoms. The third kappa shape index (κ3) is 4.20. The summed E-state index contributed by atoms with van der Waals surface area (Å²) in [4.78, 5) is 22.8. The Morgan fingerprint density at radius 3 is 2.45 bits per heavy atom. The van der Waals surface area contributed by atoms with Crippen molar-refractivity contribution in [2.45, 2.75) is 6.61 Å². The van der Waals surface area contributed by atoms with E-state index in [1.54, 1.807) is 36.4 Å². The molecule has 6 nitrogen and oxygen atoms in total. The Morgan fingerprint density at radius 2 is 1.76 bits per heavy atom. The molecule has 3 aromatic carbocycles. The van der Waals surface area contributed by atoms with E-state index in [1.165, 1.54) is 12.1 Å². The van der Waals surface area contributed by atoms with Gasteiger partial charge in [-0.3, -0.25) is 14.9 Å². The highest BCUT2D eigenvalue weighted by molar-refractivity contribution is 9.10. The number of fused-ring (bicyclic) bond motifs is 1. The third-order valence-corrected chi connectivity index (χ3v) is 4.89. The maximum Gasteiger partial charge on any atom is 0.269 e. The smallest absolute Gasteiger partial charge is 0.269 e. The van der Waals surface area contributed by atoms with Crippen LogP contribution in [0.25, 0.3) is 6.08 Å². The van der Waals surface area contributed by atoms with Gasteiger partial charge in [0.2, 0.25) is 5.78 Å². The highest BCUT2D eigenvalue weighted by Crippen LogP contribution is 2.35. The number of allylic oxidation sites excluding steroid dienone is 1. The molecule has 4 rings (SSSR count). The molecule has 0 spiro atoms. The SMILES string of the molecule is O=C1C(=Cc2ccc([N+](=O)[O-])cc2)Oc2cc(OCc3ccc(Br)cc3)ccc21. The zero-order chi connectivity index (χ0) is 20.4. The van der Waals surface area contributed by atoms with Gasteiger partial charge < -0.3 is 9.47 Å². The van der Waals surface area contributed by atoms with E-state index in [2.05, 4.69) is 15.9 Å². The lowest BCUT2D eigenvalue weighted by molar-refractivity contribution is -0.384. The number of nitro benzene ring substituents is 1. The number of halogens is 1. The minimum atomic E-state index is -0.472. The minimum Gasteiger partial charge on any atom is -0.489 e. The van der Waals surface area contributed by atoms with E-state index in [0.717, 1.165) is 10.0 Å². The summed E-state index contributed by atoms with van der Waals surface area (Å²) in [5.74, 6) is 0.948. The molecule has 0 atom stereocenters. The Morgan fingerprint density at radius 1 is 1.03 bits per heavy atom. The summed E-state index contributed by atoms with van der Waals surface area (Å²) in [6.45, 7) is 0.394. The Labute approximate surface area is 174 Å². The predicted molar refractivity (Wildman–Crippen MR) is 111 cm³/mol. The number of carbonyl (C=O) groups excluding carboxylic acids is 1. The van der Waals surface area contributed by atoms with Gasteiger partial charge in [-0.25, -0.2) is 0 Å². The number of carbonyl (C=O) groups is 1. The maximum atomic E-state index is 12.6. The van der Waals surface area contributed by atoms with Crippen LogP contribution in [0.4, 0.5) is 5.69 Å². The molecule has 0 saturated heterocycles. The van der Waals surface area contributed by atoms with Gasteiger partial charge in [-0.1, -0.05) is 28.1 Å².